The highest BCUT2D eigenvalue weighted by Crippen LogP contribution is 2.34. The lowest BCUT2D eigenvalue weighted by Crippen LogP contribution is -2.54. The minimum atomic E-state index is -0.868. The van der Waals surface area contributed by atoms with Crippen LogP contribution in [0.25, 0.3) is 6.08 Å². The molecule has 20 heavy (non-hydrogen) atoms. The van der Waals surface area contributed by atoms with Gasteiger partial charge in [0.05, 0.1) is 12.0 Å². The maximum absolute atomic E-state index is 11.9. The molecule has 1 aliphatic carbocycles. The van der Waals surface area contributed by atoms with Gasteiger partial charge in [-0.3, -0.25) is 9.59 Å². The molecule has 1 amide bonds. The lowest BCUT2D eigenvalue weighted by Gasteiger charge is -2.41. The van der Waals surface area contributed by atoms with Crippen LogP contribution in [-0.4, -0.2) is 22.5 Å². The number of aliphatic carboxylic acids is 1. The van der Waals surface area contributed by atoms with Gasteiger partial charge in [0.1, 0.15) is 0 Å². The SMILES string of the molecule is Cc1cccc(C=CC(=O)NC2(CC(=O)O)CCC2)c1. The van der Waals surface area contributed by atoms with Gasteiger partial charge >= 0.3 is 5.97 Å². The number of amides is 1. The first kappa shape index (κ1) is 14.3. The number of carboxylic acids is 1. The number of rotatable bonds is 5. The van der Waals surface area contributed by atoms with Crippen LogP contribution >= 0.6 is 0 Å². The van der Waals surface area contributed by atoms with Gasteiger partial charge in [0, 0.05) is 6.08 Å². The predicted molar refractivity (Wildman–Crippen MR) is 77.2 cm³/mol. The predicted octanol–water partition coefficient (Wildman–Crippen LogP) is 2.52. The Morgan fingerprint density at radius 1 is 1.40 bits per heavy atom. The zero-order chi connectivity index (χ0) is 14.6. The van der Waals surface area contributed by atoms with Gasteiger partial charge in [-0.25, -0.2) is 0 Å². The Balaban J connectivity index is 1.96. The van der Waals surface area contributed by atoms with E-state index in [1.807, 2.05) is 31.2 Å². The summed E-state index contributed by atoms with van der Waals surface area (Å²) in [5, 5.41) is 11.7. The first-order chi connectivity index (χ1) is 9.49. The lowest BCUT2D eigenvalue weighted by atomic mass is 9.74. The second kappa shape index (κ2) is 5.90. The molecule has 0 radical (unpaired) electrons. The van der Waals surface area contributed by atoms with E-state index in [1.165, 1.54) is 6.08 Å². The van der Waals surface area contributed by atoms with E-state index in [9.17, 15) is 9.59 Å². The number of carboxylic acid groups (broad SMARTS) is 1. The normalized spacial score (nSPS) is 16.6. The van der Waals surface area contributed by atoms with Crippen molar-refractivity contribution < 1.29 is 14.7 Å². The van der Waals surface area contributed by atoms with E-state index in [1.54, 1.807) is 6.08 Å². The number of hydrogen-bond acceptors (Lipinski definition) is 2. The Morgan fingerprint density at radius 2 is 2.15 bits per heavy atom. The number of benzene rings is 1. The van der Waals surface area contributed by atoms with Crippen molar-refractivity contribution >= 4 is 18.0 Å². The number of carbonyl (C=O) groups is 2. The molecular weight excluding hydrogens is 254 g/mol. The summed E-state index contributed by atoms with van der Waals surface area (Å²) in [6.07, 6.45) is 5.66. The zero-order valence-corrected chi connectivity index (χ0v) is 11.6. The molecule has 0 aromatic heterocycles. The molecule has 1 fully saturated rings. The van der Waals surface area contributed by atoms with E-state index in [-0.39, 0.29) is 12.3 Å². The molecule has 2 N–H and O–H groups in total. The Hall–Kier alpha value is -2.10. The third-order valence-electron chi connectivity index (χ3n) is 3.66. The van der Waals surface area contributed by atoms with Crippen LogP contribution in [-0.2, 0) is 9.59 Å². The second-order valence-electron chi connectivity index (χ2n) is 5.44. The highest BCUT2D eigenvalue weighted by atomic mass is 16.4. The summed E-state index contributed by atoms with van der Waals surface area (Å²) < 4.78 is 0. The zero-order valence-electron chi connectivity index (χ0n) is 11.6. The topological polar surface area (TPSA) is 66.4 Å². The van der Waals surface area contributed by atoms with Crippen molar-refractivity contribution in [2.45, 2.75) is 38.1 Å². The summed E-state index contributed by atoms with van der Waals surface area (Å²) in [6.45, 7) is 1.99. The molecule has 4 heteroatoms. The van der Waals surface area contributed by atoms with Gasteiger partial charge in [0.2, 0.25) is 5.91 Å². The lowest BCUT2D eigenvalue weighted by molar-refractivity contribution is -0.140. The average Bonchev–Trinajstić information content (AvgIpc) is 2.33. The van der Waals surface area contributed by atoms with Crippen LogP contribution in [0.15, 0.2) is 30.3 Å². The minimum Gasteiger partial charge on any atom is -0.481 e. The summed E-state index contributed by atoms with van der Waals surface area (Å²) >= 11 is 0. The van der Waals surface area contributed by atoms with E-state index in [2.05, 4.69) is 5.32 Å². The van der Waals surface area contributed by atoms with Crippen molar-refractivity contribution in [2.24, 2.45) is 0 Å². The van der Waals surface area contributed by atoms with Crippen LogP contribution in [0.4, 0.5) is 0 Å². The number of nitrogens with one attached hydrogen (secondary N) is 1. The van der Waals surface area contributed by atoms with Gasteiger partial charge in [-0.1, -0.05) is 29.8 Å². The van der Waals surface area contributed by atoms with Crippen LogP contribution in [0.3, 0.4) is 0 Å². The number of aryl methyl sites for hydroxylation is 1. The Morgan fingerprint density at radius 3 is 2.70 bits per heavy atom. The molecule has 1 aliphatic rings. The molecule has 0 saturated heterocycles. The van der Waals surface area contributed by atoms with Crippen molar-refractivity contribution in [3.8, 4) is 0 Å². The monoisotopic (exact) mass is 273 g/mol. The van der Waals surface area contributed by atoms with Gasteiger partial charge in [-0.05, 0) is 37.8 Å². The molecule has 0 spiro atoms. The summed E-state index contributed by atoms with van der Waals surface area (Å²) in [4.78, 5) is 22.7. The van der Waals surface area contributed by atoms with Crippen LogP contribution in [0, 0.1) is 6.92 Å². The maximum Gasteiger partial charge on any atom is 0.305 e. The van der Waals surface area contributed by atoms with Crippen molar-refractivity contribution in [1.82, 2.24) is 5.32 Å². The molecule has 1 aromatic carbocycles. The Bertz CT molecular complexity index is 544. The summed E-state index contributed by atoms with van der Waals surface area (Å²) in [5.74, 6) is -1.10. The maximum atomic E-state index is 11.9. The van der Waals surface area contributed by atoms with Crippen LogP contribution in [0.5, 0.6) is 0 Å². The van der Waals surface area contributed by atoms with Crippen LogP contribution in [0.1, 0.15) is 36.8 Å². The number of hydrogen-bond donors (Lipinski definition) is 2. The molecule has 1 saturated carbocycles. The van der Waals surface area contributed by atoms with Crippen molar-refractivity contribution in [1.29, 1.82) is 0 Å². The third kappa shape index (κ3) is 3.70. The summed E-state index contributed by atoms with van der Waals surface area (Å²) in [5.41, 5.74) is 1.55. The molecule has 106 valence electrons. The third-order valence-corrected chi connectivity index (χ3v) is 3.66. The molecule has 0 bridgehead atoms. The van der Waals surface area contributed by atoms with Crippen molar-refractivity contribution in [3.63, 3.8) is 0 Å². The molecule has 1 aromatic rings. The van der Waals surface area contributed by atoms with Gasteiger partial charge in [-0.15, -0.1) is 0 Å². The molecular formula is C16H19NO3. The highest BCUT2D eigenvalue weighted by Gasteiger charge is 2.39. The quantitative estimate of drug-likeness (QED) is 0.810. The Kier molecular flexibility index (Phi) is 4.23. The molecule has 0 unspecified atom stereocenters. The van der Waals surface area contributed by atoms with Crippen molar-refractivity contribution in [2.75, 3.05) is 0 Å². The van der Waals surface area contributed by atoms with Crippen molar-refractivity contribution in [3.05, 3.63) is 41.5 Å². The number of carbonyl (C=O) groups excluding carboxylic acids is 1. The molecule has 0 aliphatic heterocycles. The largest absolute Gasteiger partial charge is 0.481 e. The second-order valence-corrected chi connectivity index (χ2v) is 5.44. The average molecular weight is 273 g/mol. The minimum absolute atomic E-state index is 0.00295. The van der Waals surface area contributed by atoms with Gasteiger partial charge in [0.25, 0.3) is 0 Å². The molecule has 0 atom stereocenters. The smallest absolute Gasteiger partial charge is 0.305 e. The van der Waals surface area contributed by atoms with E-state index in [0.29, 0.717) is 0 Å². The molecule has 4 nitrogen and oxygen atoms in total. The van der Waals surface area contributed by atoms with E-state index < -0.39 is 11.5 Å². The first-order valence-corrected chi connectivity index (χ1v) is 6.78. The molecule has 0 heterocycles. The fourth-order valence-corrected chi connectivity index (χ4v) is 2.49. The molecule has 2 rings (SSSR count). The first-order valence-electron chi connectivity index (χ1n) is 6.78. The Labute approximate surface area is 118 Å². The van der Waals surface area contributed by atoms with E-state index in [4.69, 9.17) is 5.11 Å². The van der Waals surface area contributed by atoms with E-state index >= 15 is 0 Å². The van der Waals surface area contributed by atoms with Crippen LogP contribution in [0.2, 0.25) is 0 Å². The van der Waals surface area contributed by atoms with Gasteiger partial charge in [-0.2, -0.15) is 0 Å². The fourth-order valence-electron chi connectivity index (χ4n) is 2.49. The highest BCUT2D eigenvalue weighted by molar-refractivity contribution is 5.92. The standard InChI is InChI=1S/C16H19NO3/c1-12-4-2-5-13(10-12)6-7-14(18)17-16(8-3-9-16)11-15(19)20/h2,4-7,10H,3,8-9,11H2,1H3,(H,17,18)(H,19,20). The fraction of sp³-hybridized carbons (Fsp3) is 0.375. The van der Waals surface area contributed by atoms with Gasteiger partial charge < -0.3 is 10.4 Å². The van der Waals surface area contributed by atoms with E-state index in [0.717, 1.165) is 30.4 Å². The summed E-state index contributed by atoms with van der Waals surface area (Å²) in [7, 11) is 0. The van der Waals surface area contributed by atoms with Gasteiger partial charge in [0.15, 0.2) is 0 Å². The summed E-state index contributed by atoms with van der Waals surface area (Å²) in [6, 6.07) is 7.84. The van der Waals surface area contributed by atoms with Crippen LogP contribution < -0.4 is 5.32 Å².